The van der Waals surface area contributed by atoms with E-state index in [4.69, 9.17) is 9.47 Å². The zero-order valence-electron chi connectivity index (χ0n) is 19.4. The van der Waals surface area contributed by atoms with Gasteiger partial charge in [-0.2, -0.15) is 4.68 Å². The van der Waals surface area contributed by atoms with Gasteiger partial charge in [-0.1, -0.05) is 30.2 Å². The molecule has 1 aromatic carbocycles. The Bertz CT molecular complexity index is 1060. The quantitative estimate of drug-likeness (QED) is 0.538. The second-order valence-electron chi connectivity index (χ2n) is 9.22. The molecule has 0 N–H and O–H groups in total. The SMILES string of the molecule is CC(=O)O[C@@H]([C@H](C)CS(=O)(=O)c1nnnn1-c1ccccc1)C(C)(C)C(=O)OC(C)(C)C. The molecule has 0 spiro atoms. The van der Waals surface area contributed by atoms with E-state index in [1.807, 2.05) is 0 Å². The molecule has 0 saturated carbocycles. The van der Waals surface area contributed by atoms with E-state index in [-0.39, 0.29) is 5.16 Å². The van der Waals surface area contributed by atoms with Gasteiger partial charge in [-0.05, 0) is 57.2 Å². The molecule has 0 fully saturated rings. The van der Waals surface area contributed by atoms with E-state index in [2.05, 4.69) is 15.5 Å². The first-order chi connectivity index (χ1) is 14.6. The number of benzene rings is 1. The lowest BCUT2D eigenvalue weighted by molar-refractivity contribution is -0.180. The average molecular weight is 467 g/mol. The topological polar surface area (TPSA) is 130 Å². The lowest BCUT2D eigenvalue weighted by Crippen LogP contribution is -2.48. The number of aromatic nitrogens is 4. The van der Waals surface area contributed by atoms with Crippen LogP contribution < -0.4 is 0 Å². The molecule has 0 aliphatic heterocycles. The highest BCUT2D eigenvalue weighted by molar-refractivity contribution is 7.91. The Morgan fingerprint density at radius 1 is 1.09 bits per heavy atom. The van der Waals surface area contributed by atoms with Crippen molar-refractivity contribution < 1.29 is 27.5 Å². The van der Waals surface area contributed by atoms with Crippen LogP contribution in [0.15, 0.2) is 35.5 Å². The largest absolute Gasteiger partial charge is 0.461 e. The van der Waals surface area contributed by atoms with E-state index in [1.54, 1.807) is 71.9 Å². The molecule has 0 unspecified atom stereocenters. The van der Waals surface area contributed by atoms with Gasteiger partial charge in [-0.25, -0.2) is 8.42 Å². The number of hydrogen-bond donors (Lipinski definition) is 0. The molecule has 11 heteroatoms. The highest BCUT2D eigenvalue weighted by atomic mass is 32.2. The normalized spacial score (nSPS) is 14.5. The zero-order chi connectivity index (χ0) is 24.3. The second kappa shape index (κ2) is 9.35. The lowest BCUT2D eigenvalue weighted by Gasteiger charge is -2.37. The van der Waals surface area contributed by atoms with Gasteiger partial charge in [0.15, 0.2) is 0 Å². The Morgan fingerprint density at radius 2 is 1.69 bits per heavy atom. The van der Waals surface area contributed by atoms with Crippen LogP contribution in [-0.2, 0) is 28.9 Å². The van der Waals surface area contributed by atoms with Crippen molar-refractivity contribution in [2.75, 3.05) is 5.75 Å². The summed E-state index contributed by atoms with van der Waals surface area (Å²) >= 11 is 0. The number of esters is 2. The Kier molecular flexibility index (Phi) is 7.44. The molecule has 1 aromatic heterocycles. The molecule has 2 aromatic rings. The van der Waals surface area contributed by atoms with Gasteiger partial charge in [0.1, 0.15) is 11.7 Å². The maximum absolute atomic E-state index is 13.2. The summed E-state index contributed by atoms with van der Waals surface area (Å²) in [6.45, 7) is 11.1. The summed E-state index contributed by atoms with van der Waals surface area (Å²) in [6, 6.07) is 8.59. The van der Waals surface area contributed by atoms with Crippen LogP contribution in [0.2, 0.25) is 0 Å². The monoisotopic (exact) mass is 466 g/mol. The fourth-order valence-corrected chi connectivity index (χ4v) is 4.87. The van der Waals surface area contributed by atoms with Gasteiger partial charge in [-0.3, -0.25) is 9.59 Å². The standard InChI is InChI=1S/C21H30N4O6S/c1-14(17(30-15(2)26)21(6,7)18(27)31-20(3,4)5)13-32(28,29)19-22-23-24-25(19)16-11-9-8-10-12-16/h8-12,14,17H,13H2,1-7H3/t14-,17+/m1/s1. The van der Waals surface area contributed by atoms with Crippen LogP contribution in [0.25, 0.3) is 5.69 Å². The smallest absolute Gasteiger partial charge is 0.315 e. The van der Waals surface area contributed by atoms with Gasteiger partial charge in [0.05, 0.1) is 16.9 Å². The Labute approximate surface area is 188 Å². The van der Waals surface area contributed by atoms with Crippen LogP contribution in [0.4, 0.5) is 0 Å². The van der Waals surface area contributed by atoms with Crippen molar-refractivity contribution in [1.29, 1.82) is 0 Å². The van der Waals surface area contributed by atoms with Crippen LogP contribution in [0.5, 0.6) is 0 Å². The van der Waals surface area contributed by atoms with Gasteiger partial charge in [0.25, 0.3) is 5.16 Å². The molecular formula is C21H30N4O6S. The van der Waals surface area contributed by atoms with Gasteiger partial charge < -0.3 is 9.47 Å². The van der Waals surface area contributed by atoms with Crippen molar-refractivity contribution in [1.82, 2.24) is 20.2 Å². The summed E-state index contributed by atoms with van der Waals surface area (Å²) < 4.78 is 38.4. The fourth-order valence-electron chi connectivity index (χ4n) is 3.29. The maximum atomic E-state index is 13.2. The summed E-state index contributed by atoms with van der Waals surface area (Å²) in [5.74, 6) is -2.46. The zero-order valence-corrected chi connectivity index (χ0v) is 20.2. The predicted octanol–water partition coefficient (Wildman–Crippen LogP) is 2.37. The van der Waals surface area contributed by atoms with Gasteiger partial charge in [-0.15, -0.1) is 0 Å². The summed E-state index contributed by atoms with van der Waals surface area (Å²) in [7, 11) is -4.01. The molecule has 10 nitrogen and oxygen atoms in total. The van der Waals surface area contributed by atoms with Crippen LogP contribution in [0.1, 0.15) is 48.5 Å². The third kappa shape index (κ3) is 6.12. The van der Waals surface area contributed by atoms with Crippen LogP contribution >= 0.6 is 0 Å². The molecule has 2 rings (SSSR count). The number of sulfone groups is 1. The first kappa shape index (κ1) is 25.4. The summed E-state index contributed by atoms with van der Waals surface area (Å²) in [5.41, 5.74) is -1.59. The van der Waals surface area contributed by atoms with Gasteiger partial charge >= 0.3 is 11.9 Å². The third-order valence-corrected chi connectivity index (χ3v) is 6.42. The Balaban J connectivity index is 2.36. The minimum atomic E-state index is -4.01. The minimum Gasteiger partial charge on any atom is -0.461 e. The van der Waals surface area contributed by atoms with Crippen molar-refractivity contribution >= 4 is 21.8 Å². The number of para-hydroxylation sites is 1. The van der Waals surface area contributed by atoms with E-state index in [0.717, 1.165) is 4.68 Å². The highest BCUT2D eigenvalue weighted by Gasteiger charge is 2.46. The third-order valence-electron chi connectivity index (χ3n) is 4.65. The first-order valence-corrected chi connectivity index (χ1v) is 11.8. The molecule has 1 heterocycles. The second-order valence-corrected chi connectivity index (χ2v) is 11.1. The van der Waals surface area contributed by atoms with Gasteiger partial charge in [0, 0.05) is 12.8 Å². The average Bonchev–Trinajstić information content (AvgIpc) is 3.15. The van der Waals surface area contributed by atoms with E-state index in [1.165, 1.54) is 6.92 Å². The molecule has 0 saturated heterocycles. The number of nitrogens with zero attached hydrogens (tertiary/aromatic N) is 4. The van der Waals surface area contributed by atoms with Crippen molar-refractivity contribution in [3.63, 3.8) is 0 Å². The Morgan fingerprint density at radius 3 is 2.22 bits per heavy atom. The lowest BCUT2D eigenvalue weighted by atomic mass is 9.80. The Hall–Kier alpha value is -2.82. The molecular weight excluding hydrogens is 436 g/mol. The highest BCUT2D eigenvalue weighted by Crippen LogP contribution is 2.33. The molecule has 2 atom stereocenters. The number of ether oxygens (including phenoxy) is 2. The number of hydrogen-bond acceptors (Lipinski definition) is 9. The maximum Gasteiger partial charge on any atom is 0.315 e. The molecule has 0 radical (unpaired) electrons. The number of rotatable bonds is 8. The fraction of sp³-hybridized carbons (Fsp3) is 0.571. The van der Waals surface area contributed by atoms with Crippen LogP contribution in [0, 0.1) is 11.3 Å². The van der Waals surface area contributed by atoms with Crippen LogP contribution in [-0.4, -0.2) is 58.0 Å². The van der Waals surface area contributed by atoms with E-state index in [0.29, 0.717) is 5.69 Å². The summed E-state index contributed by atoms with van der Waals surface area (Å²) in [6.07, 6.45) is -1.06. The van der Waals surface area contributed by atoms with E-state index in [9.17, 15) is 18.0 Å². The van der Waals surface area contributed by atoms with Crippen molar-refractivity contribution in [2.24, 2.45) is 11.3 Å². The predicted molar refractivity (Wildman–Crippen MR) is 116 cm³/mol. The molecule has 0 bridgehead atoms. The molecule has 176 valence electrons. The van der Waals surface area contributed by atoms with Crippen LogP contribution in [0.3, 0.4) is 0 Å². The number of tetrazole rings is 1. The van der Waals surface area contributed by atoms with E-state index >= 15 is 0 Å². The molecule has 32 heavy (non-hydrogen) atoms. The minimum absolute atomic E-state index is 0.341. The van der Waals surface area contributed by atoms with Crippen molar-refractivity contribution in [3.8, 4) is 5.69 Å². The molecule has 0 aliphatic carbocycles. The molecule has 0 amide bonds. The van der Waals surface area contributed by atoms with Gasteiger partial charge in [0.2, 0.25) is 9.84 Å². The first-order valence-electron chi connectivity index (χ1n) is 10.1. The van der Waals surface area contributed by atoms with E-state index < -0.39 is 50.6 Å². The summed E-state index contributed by atoms with van der Waals surface area (Å²) in [4.78, 5) is 24.6. The number of carbonyl (C=O) groups is 2. The molecule has 0 aliphatic rings. The number of carbonyl (C=O) groups excluding carboxylic acids is 2. The summed E-state index contributed by atoms with van der Waals surface area (Å²) in [5, 5.41) is 10.7. The van der Waals surface area contributed by atoms with Crippen molar-refractivity contribution in [3.05, 3.63) is 30.3 Å². The van der Waals surface area contributed by atoms with Crippen molar-refractivity contribution in [2.45, 2.75) is 65.3 Å².